The Labute approximate surface area is 186 Å². The van der Waals surface area contributed by atoms with E-state index < -0.39 is 0 Å². The van der Waals surface area contributed by atoms with E-state index >= 15 is 0 Å². The second-order valence-corrected chi connectivity index (χ2v) is 8.43. The van der Waals surface area contributed by atoms with E-state index in [2.05, 4.69) is 43.6 Å². The Bertz CT molecular complexity index is 1170. The van der Waals surface area contributed by atoms with Gasteiger partial charge in [-0.25, -0.2) is 0 Å². The molecule has 152 valence electrons. The number of amides is 1. The van der Waals surface area contributed by atoms with Crippen molar-refractivity contribution in [2.75, 3.05) is 11.1 Å². The van der Waals surface area contributed by atoms with E-state index in [1.165, 1.54) is 11.8 Å². The number of aromatic nitrogens is 3. The number of fused-ring (bicyclic) bond motifs is 1. The van der Waals surface area contributed by atoms with Gasteiger partial charge >= 0.3 is 0 Å². The third kappa shape index (κ3) is 4.83. The van der Waals surface area contributed by atoms with Gasteiger partial charge in [0.2, 0.25) is 5.91 Å². The van der Waals surface area contributed by atoms with Crippen LogP contribution in [0.1, 0.15) is 5.82 Å². The van der Waals surface area contributed by atoms with Crippen LogP contribution in [0.5, 0.6) is 5.75 Å². The lowest BCUT2D eigenvalue weighted by Gasteiger charge is -2.09. The zero-order valence-corrected chi connectivity index (χ0v) is 18.6. The minimum atomic E-state index is -0.0983. The Balaban J connectivity index is 1.35. The molecule has 3 aromatic carbocycles. The number of benzene rings is 3. The van der Waals surface area contributed by atoms with Gasteiger partial charge in [0.05, 0.1) is 5.75 Å². The average molecular weight is 483 g/mol. The summed E-state index contributed by atoms with van der Waals surface area (Å²) >= 11 is 4.71. The molecule has 0 aliphatic heterocycles. The maximum absolute atomic E-state index is 12.2. The van der Waals surface area contributed by atoms with Gasteiger partial charge < -0.3 is 14.6 Å². The van der Waals surface area contributed by atoms with Crippen molar-refractivity contribution in [3.05, 3.63) is 77.0 Å². The van der Waals surface area contributed by atoms with Gasteiger partial charge in [0.15, 0.2) is 11.0 Å². The minimum Gasteiger partial charge on any atom is -0.485 e. The van der Waals surface area contributed by atoms with Crippen molar-refractivity contribution < 1.29 is 9.53 Å². The molecule has 0 aliphatic rings. The van der Waals surface area contributed by atoms with Crippen LogP contribution < -0.4 is 10.1 Å². The number of anilines is 1. The number of nitrogens with zero attached hydrogens (tertiary/aromatic N) is 3. The monoisotopic (exact) mass is 482 g/mol. The second kappa shape index (κ2) is 9.32. The molecule has 0 saturated carbocycles. The first-order valence-corrected chi connectivity index (χ1v) is 11.0. The van der Waals surface area contributed by atoms with E-state index in [9.17, 15) is 4.79 Å². The van der Waals surface area contributed by atoms with Crippen LogP contribution >= 0.6 is 27.7 Å². The summed E-state index contributed by atoms with van der Waals surface area (Å²) in [6.45, 7) is 0.295. The molecular formula is C22H19BrN4O2S. The summed E-state index contributed by atoms with van der Waals surface area (Å²) < 4.78 is 8.81. The van der Waals surface area contributed by atoms with Crippen molar-refractivity contribution in [2.24, 2.45) is 7.05 Å². The van der Waals surface area contributed by atoms with Crippen LogP contribution in [0.4, 0.5) is 5.69 Å². The minimum absolute atomic E-state index is 0.0983. The fraction of sp³-hybridized carbons (Fsp3) is 0.136. The molecule has 1 heterocycles. The SMILES string of the molecule is Cn1c(COc2cccc3ccccc23)nnc1SCC(=O)Nc1ccc(Br)cc1. The van der Waals surface area contributed by atoms with Crippen molar-refractivity contribution in [1.29, 1.82) is 0 Å². The van der Waals surface area contributed by atoms with Gasteiger partial charge in [-0.15, -0.1) is 10.2 Å². The Hall–Kier alpha value is -2.84. The molecule has 4 aromatic rings. The standard InChI is InChI=1S/C22H19BrN4O2S/c1-27-20(13-29-19-8-4-6-15-5-2-3-7-18(15)19)25-26-22(27)30-14-21(28)24-17-11-9-16(23)10-12-17/h2-12H,13-14H2,1H3,(H,24,28). The van der Waals surface area contributed by atoms with Crippen LogP contribution in [-0.4, -0.2) is 26.4 Å². The predicted octanol–water partition coefficient (Wildman–Crippen LogP) is 5.04. The third-order valence-electron chi connectivity index (χ3n) is 4.49. The number of carbonyl (C=O) groups excluding carboxylic acids is 1. The van der Waals surface area contributed by atoms with Crippen molar-refractivity contribution >= 4 is 50.1 Å². The fourth-order valence-corrected chi connectivity index (χ4v) is 3.91. The average Bonchev–Trinajstić information content (AvgIpc) is 3.12. The molecule has 1 N–H and O–H groups in total. The second-order valence-electron chi connectivity index (χ2n) is 6.57. The van der Waals surface area contributed by atoms with Crippen molar-refractivity contribution in [3.63, 3.8) is 0 Å². The number of nitrogens with one attached hydrogen (secondary N) is 1. The first-order valence-electron chi connectivity index (χ1n) is 9.27. The lowest BCUT2D eigenvalue weighted by Crippen LogP contribution is -2.14. The molecule has 0 radical (unpaired) electrons. The third-order valence-corrected chi connectivity index (χ3v) is 6.04. The Morgan fingerprint density at radius 1 is 1.07 bits per heavy atom. The maximum Gasteiger partial charge on any atom is 0.234 e. The molecule has 6 nitrogen and oxygen atoms in total. The quantitative estimate of drug-likeness (QED) is 0.373. The van der Waals surface area contributed by atoms with E-state index in [1.54, 1.807) is 0 Å². The van der Waals surface area contributed by atoms with Crippen LogP contribution in [0, 0.1) is 0 Å². The molecular weight excluding hydrogens is 464 g/mol. The highest BCUT2D eigenvalue weighted by Gasteiger charge is 2.13. The highest BCUT2D eigenvalue weighted by Crippen LogP contribution is 2.26. The zero-order valence-electron chi connectivity index (χ0n) is 16.2. The molecule has 0 spiro atoms. The Kier molecular flexibility index (Phi) is 6.35. The fourth-order valence-electron chi connectivity index (χ4n) is 2.92. The highest BCUT2D eigenvalue weighted by atomic mass is 79.9. The summed E-state index contributed by atoms with van der Waals surface area (Å²) in [5.74, 6) is 1.64. The first kappa shape index (κ1) is 20.4. The van der Waals surface area contributed by atoms with Gasteiger partial charge in [0.25, 0.3) is 0 Å². The van der Waals surface area contributed by atoms with Gasteiger partial charge in [-0.05, 0) is 35.7 Å². The molecule has 0 unspecified atom stereocenters. The van der Waals surface area contributed by atoms with Gasteiger partial charge in [0, 0.05) is 22.6 Å². The smallest absolute Gasteiger partial charge is 0.234 e. The molecule has 30 heavy (non-hydrogen) atoms. The summed E-state index contributed by atoms with van der Waals surface area (Å²) in [5, 5.41) is 14.1. The van der Waals surface area contributed by atoms with Gasteiger partial charge in [0.1, 0.15) is 12.4 Å². The first-order chi connectivity index (χ1) is 14.6. The normalized spacial score (nSPS) is 10.9. The number of carbonyl (C=O) groups is 1. The van der Waals surface area contributed by atoms with Crippen molar-refractivity contribution in [1.82, 2.24) is 14.8 Å². The maximum atomic E-state index is 12.2. The summed E-state index contributed by atoms with van der Waals surface area (Å²) in [4.78, 5) is 12.2. The molecule has 4 rings (SSSR count). The van der Waals surface area contributed by atoms with E-state index in [-0.39, 0.29) is 11.7 Å². The van der Waals surface area contributed by atoms with Crippen LogP contribution in [0.3, 0.4) is 0 Å². The summed E-state index contributed by atoms with van der Waals surface area (Å²) in [5.41, 5.74) is 0.756. The summed E-state index contributed by atoms with van der Waals surface area (Å²) in [6, 6.07) is 21.5. The van der Waals surface area contributed by atoms with Crippen LogP contribution in [0.15, 0.2) is 76.4 Å². The molecule has 0 fully saturated rings. The molecule has 0 atom stereocenters. The topological polar surface area (TPSA) is 69.0 Å². The number of hydrogen-bond acceptors (Lipinski definition) is 5. The molecule has 1 aromatic heterocycles. The zero-order chi connectivity index (χ0) is 20.9. The molecule has 0 saturated heterocycles. The summed E-state index contributed by atoms with van der Waals surface area (Å²) in [7, 11) is 1.87. The largest absolute Gasteiger partial charge is 0.485 e. The number of halogens is 1. The Morgan fingerprint density at radius 2 is 1.83 bits per heavy atom. The number of rotatable bonds is 7. The predicted molar refractivity (Wildman–Crippen MR) is 123 cm³/mol. The van der Waals surface area contributed by atoms with Gasteiger partial charge in [-0.3, -0.25) is 4.79 Å². The molecule has 0 bridgehead atoms. The van der Waals surface area contributed by atoms with E-state index in [0.29, 0.717) is 17.6 Å². The lowest BCUT2D eigenvalue weighted by molar-refractivity contribution is -0.113. The van der Waals surface area contributed by atoms with Crippen molar-refractivity contribution in [2.45, 2.75) is 11.8 Å². The molecule has 8 heteroatoms. The molecule has 0 aliphatic carbocycles. The highest BCUT2D eigenvalue weighted by molar-refractivity contribution is 9.10. The Morgan fingerprint density at radius 3 is 2.67 bits per heavy atom. The van der Waals surface area contributed by atoms with Gasteiger partial charge in [-0.1, -0.05) is 64.1 Å². The van der Waals surface area contributed by atoms with Crippen LogP contribution in [0.2, 0.25) is 0 Å². The molecule has 1 amide bonds. The van der Waals surface area contributed by atoms with Gasteiger partial charge in [-0.2, -0.15) is 0 Å². The van der Waals surface area contributed by atoms with Crippen LogP contribution in [0.25, 0.3) is 10.8 Å². The van der Waals surface area contributed by atoms with E-state index in [0.717, 1.165) is 26.7 Å². The van der Waals surface area contributed by atoms with E-state index in [1.807, 2.05) is 66.2 Å². The van der Waals surface area contributed by atoms with E-state index in [4.69, 9.17) is 4.74 Å². The number of thioether (sulfide) groups is 1. The lowest BCUT2D eigenvalue weighted by atomic mass is 10.1. The summed E-state index contributed by atoms with van der Waals surface area (Å²) in [6.07, 6.45) is 0. The van der Waals surface area contributed by atoms with Crippen molar-refractivity contribution in [3.8, 4) is 5.75 Å². The number of hydrogen-bond donors (Lipinski definition) is 1. The number of ether oxygens (including phenoxy) is 1. The van der Waals surface area contributed by atoms with Crippen LogP contribution in [-0.2, 0) is 18.4 Å².